The van der Waals surface area contributed by atoms with Crippen LogP contribution in [0.15, 0.2) is 30.3 Å². The predicted molar refractivity (Wildman–Crippen MR) is 106 cm³/mol. The molecule has 3 atom stereocenters. The van der Waals surface area contributed by atoms with Gasteiger partial charge >= 0.3 is 0 Å². The zero-order valence-electron chi connectivity index (χ0n) is 16.2. The van der Waals surface area contributed by atoms with Gasteiger partial charge < -0.3 is 4.90 Å². The van der Waals surface area contributed by atoms with Gasteiger partial charge in [0.15, 0.2) is 0 Å². The van der Waals surface area contributed by atoms with Crippen molar-refractivity contribution in [3.63, 3.8) is 0 Å². The van der Waals surface area contributed by atoms with Crippen LogP contribution < -0.4 is 4.90 Å². The normalized spacial score (nSPS) is 29.7. The van der Waals surface area contributed by atoms with Crippen LogP contribution in [0.4, 0.5) is 5.95 Å². The van der Waals surface area contributed by atoms with E-state index in [4.69, 9.17) is 0 Å². The minimum absolute atomic E-state index is 0.771. The standard InChI is InChI=1S/C22H31N5/c1-2-7-17(8-3-1)9-4-10-18-11-6-14-26(15-18)22-23-24-25-27(22)16-21-19-12-5-13-20(19)21/h1-3,7-8,18-21H,4-6,9-16H2. The second-order valence-electron chi connectivity index (χ2n) is 8.92. The van der Waals surface area contributed by atoms with E-state index in [9.17, 15) is 0 Å². The lowest BCUT2D eigenvalue weighted by molar-refractivity contribution is 0.373. The van der Waals surface area contributed by atoms with Gasteiger partial charge in [-0.15, -0.1) is 0 Å². The van der Waals surface area contributed by atoms with E-state index in [0.29, 0.717) is 0 Å². The van der Waals surface area contributed by atoms with E-state index < -0.39 is 0 Å². The fraction of sp³-hybridized carbons (Fsp3) is 0.682. The Morgan fingerprint density at radius 2 is 1.85 bits per heavy atom. The van der Waals surface area contributed by atoms with Crippen molar-refractivity contribution in [2.24, 2.45) is 23.7 Å². The first-order valence-corrected chi connectivity index (χ1v) is 10.9. The molecule has 5 rings (SSSR count). The Balaban J connectivity index is 1.15. The number of rotatable bonds is 7. The highest BCUT2D eigenvalue weighted by Crippen LogP contribution is 2.58. The van der Waals surface area contributed by atoms with Gasteiger partial charge in [-0.25, -0.2) is 4.68 Å². The Hall–Kier alpha value is -1.91. The van der Waals surface area contributed by atoms with Crippen molar-refractivity contribution in [2.75, 3.05) is 18.0 Å². The fourth-order valence-electron chi connectivity index (χ4n) is 5.71. The molecular formula is C22H31N5. The smallest absolute Gasteiger partial charge is 0.245 e. The van der Waals surface area contributed by atoms with Gasteiger partial charge in [-0.05, 0) is 84.6 Å². The Morgan fingerprint density at radius 3 is 2.70 bits per heavy atom. The number of nitrogens with zero attached hydrogens (tertiary/aromatic N) is 5. The second-order valence-corrected chi connectivity index (χ2v) is 8.92. The molecule has 2 aliphatic carbocycles. The number of piperidine rings is 1. The van der Waals surface area contributed by atoms with Crippen LogP contribution in [0.1, 0.15) is 50.5 Å². The Kier molecular flexibility index (Phi) is 4.85. The third-order valence-electron chi connectivity index (χ3n) is 7.20. The number of hydrogen-bond acceptors (Lipinski definition) is 4. The molecule has 2 heterocycles. The summed E-state index contributed by atoms with van der Waals surface area (Å²) in [5, 5.41) is 12.8. The van der Waals surface area contributed by atoms with Gasteiger partial charge in [0, 0.05) is 19.6 Å². The summed E-state index contributed by atoms with van der Waals surface area (Å²) in [7, 11) is 0. The molecule has 1 saturated heterocycles. The Labute approximate surface area is 162 Å². The molecule has 2 aromatic rings. The average Bonchev–Trinajstić information content (AvgIpc) is 3.09. The van der Waals surface area contributed by atoms with Crippen LogP contribution in [-0.2, 0) is 13.0 Å². The van der Waals surface area contributed by atoms with E-state index in [2.05, 4.69) is 55.4 Å². The van der Waals surface area contributed by atoms with Crippen molar-refractivity contribution in [3.05, 3.63) is 35.9 Å². The highest BCUT2D eigenvalue weighted by Gasteiger charge is 2.52. The van der Waals surface area contributed by atoms with Crippen molar-refractivity contribution in [1.82, 2.24) is 20.2 Å². The van der Waals surface area contributed by atoms with Crippen LogP contribution in [0.2, 0.25) is 0 Å². The first-order chi connectivity index (χ1) is 13.4. The SMILES string of the molecule is c1ccc(CCCC2CCCN(c3nnnn3CC3C4CCCC43)C2)cc1. The van der Waals surface area contributed by atoms with Crippen LogP contribution in [0.25, 0.3) is 0 Å². The zero-order chi connectivity index (χ0) is 18.1. The van der Waals surface area contributed by atoms with E-state index in [-0.39, 0.29) is 0 Å². The van der Waals surface area contributed by atoms with Gasteiger partial charge in [-0.2, -0.15) is 0 Å². The molecule has 5 heteroatoms. The third kappa shape index (κ3) is 3.74. The highest BCUT2D eigenvalue weighted by molar-refractivity contribution is 5.29. The zero-order valence-corrected chi connectivity index (χ0v) is 16.2. The second kappa shape index (κ2) is 7.61. The summed E-state index contributed by atoms with van der Waals surface area (Å²) >= 11 is 0. The van der Waals surface area contributed by atoms with Gasteiger partial charge in [0.1, 0.15) is 0 Å². The average molecular weight is 366 g/mol. The topological polar surface area (TPSA) is 46.8 Å². The Morgan fingerprint density at radius 1 is 1.00 bits per heavy atom. The van der Waals surface area contributed by atoms with Crippen LogP contribution >= 0.6 is 0 Å². The molecule has 1 aromatic carbocycles. The summed E-state index contributed by atoms with van der Waals surface area (Å²) in [5.74, 6) is 4.57. The van der Waals surface area contributed by atoms with E-state index in [1.165, 1.54) is 56.9 Å². The van der Waals surface area contributed by atoms with Crippen molar-refractivity contribution in [1.29, 1.82) is 0 Å². The highest BCUT2D eigenvalue weighted by atomic mass is 15.6. The first kappa shape index (κ1) is 17.2. The largest absolute Gasteiger partial charge is 0.339 e. The summed E-state index contributed by atoms with van der Waals surface area (Å²) in [4.78, 5) is 2.45. The molecule has 0 radical (unpaired) electrons. The minimum Gasteiger partial charge on any atom is -0.339 e. The molecule has 144 valence electrons. The molecular weight excluding hydrogens is 334 g/mol. The number of aryl methyl sites for hydroxylation is 1. The van der Waals surface area contributed by atoms with Crippen LogP contribution in [0.3, 0.4) is 0 Å². The summed E-state index contributed by atoms with van der Waals surface area (Å²) in [6.07, 6.45) is 10.7. The van der Waals surface area contributed by atoms with E-state index in [1.54, 1.807) is 0 Å². The summed E-state index contributed by atoms with van der Waals surface area (Å²) in [6.45, 7) is 3.26. The molecule has 0 N–H and O–H groups in total. The molecule has 1 aliphatic heterocycles. The molecule has 3 unspecified atom stereocenters. The van der Waals surface area contributed by atoms with Crippen molar-refractivity contribution < 1.29 is 0 Å². The van der Waals surface area contributed by atoms with Crippen molar-refractivity contribution in [3.8, 4) is 0 Å². The molecule has 0 spiro atoms. The predicted octanol–water partition coefficient (Wildman–Crippen LogP) is 3.96. The number of tetrazole rings is 1. The van der Waals surface area contributed by atoms with Gasteiger partial charge in [-0.3, -0.25) is 0 Å². The van der Waals surface area contributed by atoms with E-state index >= 15 is 0 Å². The van der Waals surface area contributed by atoms with Crippen LogP contribution in [0, 0.1) is 23.7 Å². The summed E-state index contributed by atoms with van der Waals surface area (Å²) in [6, 6.07) is 10.9. The lowest BCUT2D eigenvalue weighted by Crippen LogP contribution is -2.37. The maximum atomic E-state index is 4.40. The van der Waals surface area contributed by atoms with Gasteiger partial charge in [0.2, 0.25) is 5.95 Å². The van der Waals surface area contributed by atoms with E-state index in [1.807, 2.05) is 0 Å². The van der Waals surface area contributed by atoms with Crippen molar-refractivity contribution >= 4 is 5.95 Å². The minimum atomic E-state index is 0.771. The summed E-state index contributed by atoms with van der Waals surface area (Å²) < 4.78 is 2.11. The number of benzene rings is 1. The van der Waals surface area contributed by atoms with Gasteiger partial charge in [0.05, 0.1) is 0 Å². The maximum Gasteiger partial charge on any atom is 0.245 e. The summed E-state index contributed by atoms with van der Waals surface area (Å²) in [5.41, 5.74) is 1.46. The van der Waals surface area contributed by atoms with Crippen LogP contribution in [0.5, 0.6) is 0 Å². The number of hydrogen-bond donors (Lipinski definition) is 0. The molecule has 3 fully saturated rings. The number of fused-ring (bicyclic) bond motifs is 1. The first-order valence-electron chi connectivity index (χ1n) is 10.9. The molecule has 0 amide bonds. The molecule has 0 bridgehead atoms. The number of aromatic nitrogens is 4. The molecule has 27 heavy (non-hydrogen) atoms. The molecule has 5 nitrogen and oxygen atoms in total. The molecule has 2 saturated carbocycles. The lowest BCUT2D eigenvalue weighted by Gasteiger charge is -2.33. The van der Waals surface area contributed by atoms with Crippen molar-refractivity contribution in [2.45, 2.75) is 57.9 Å². The van der Waals surface area contributed by atoms with Crippen LogP contribution in [-0.4, -0.2) is 33.3 Å². The van der Waals surface area contributed by atoms with E-state index in [0.717, 1.165) is 49.3 Å². The Bertz CT molecular complexity index is 732. The monoisotopic (exact) mass is 365 g/mol. The maximum absolute atomic E-state index is 4.40. The quantitative estimate of drug-likeness (QED) is 0.745. The fourth-order valence-corrected chi connectivity index (χ4v) is 5.71. The molecule has 3 aliphatic rings. The van der Waals surface area contributed by atoms with Gasteiger partial charge in [-0.1, -0.05) is 41.9 Å². The number of anilines is 1. The molecule has 1 aromatic heterocycles. The third-order valence-corrected chi connectivity index (χ3v) is 7.20. The van der Waals surface area contributed by atoms with Gasteiger partial charge in [0.25, 0.3) is 0 Å². The lowest BCUT2D eigenvalue weighted by atomic mass is 9.92.